The van der Waals surface area contributed by atoms with E-state index < -0.39 is 0 Å². The van der Waals surface area contributed by atoms with Gasteiger partial charge in [-0.3, -0.25) is 0 Å². The van der Waals surface area contributed by atoms with Crippen LogP contribution in [-0.2, 0) is 13.1 Å². The standard InChI is InChI=1S/C25H20ClN2.ClH/c26-23-10-4-1-7-20(23)18-27-15-13-19(14-16-27)17-28-24-11-5-2-8-21(24)22-9-3-6-12-25(22)28;/h1-16H,17-18H2;1H/q+1;/p-1. The maximum absolute atomic E-state index is 6.29. The average Bonchev–Trinajstić information content (AvgIpc) is 3.05. The fraction of sp³-hybridized carbons (Fsp3) is 0.0800. The van der Waals surface area contributed by atoms with Gasteiger partial charge in [0.2, 0.25) is 0 Å². The van der Waals surface area contributed by atoms with Crippen molar-refractivity contribution in [2.75, 3.05) is 0 Å². The predicted octanol–water partition coefficient (Wildman–Crippen LogP) is 2.84. The number of aromatic nitrogens is 2. The van der Waals surface area contributed by atoms with Crippen molar-refractivity contribution in [2.45, 2.75) is 13.1 Å². The first-order valence-corrected chi connectivity index (χ1v) is 9.85. The normalized spacial score (nSPS) is 10.9. The molecule has 5 aromatic rings. The molecule has 29 heavy (non-hydrogen) atoms. The molecule has 0 fully saturated rings. The Morgan fingerprint density at radius 2 is 1.24 bits per heavy atom. The Bertz CT molecular complexity index is 1220. The van der Waals surface area contributed by atoms with E-state index in [1.54, 1.807) is 0 Å². The Morgan fingerprint density at radius 3 is 1.86 bits per heavy atom. The molecule has 2 nitrogen and oxygen atoms in total. The molecule has 0 atom stereocenters. The summed E-state index contributed by atoms with van der Waals surface area (Å²) in [7, 11) is 0. The zero-order valence-corrected chi connectivity index (χ0v) is 17.3. The quantitative estimate of drug-likeness (QED) is 0.396. The second-order valence-electron chi connectivity index (χ2n) is 7.09. The summed E-state index contributed by atoms with van der Waals surface area (Å²) < 4.78 is 4.56. The molecule has 0 amide bonds. The molecule has 0 spiro atoms. The van der Waals surface area contributed by atoms with Gasteiger partial charge < -0.3 is 17.0 Å². The highest BCUT2D eigenvalue weighted by atomic mass is 35.5. The van der Waals surface area contributed by atoms with Crippen LogP contribution in [-0.4, -0.2) is 4.57 Å². The van der Waals surface area contributed by atoms with Gasteiger partial charge in [0.1, 0.15) is 0 Å². The first-order chi connectivity index (χ1) is 13.8. The molecule has 0 saturated carbocycles. The molecule has 0 aliphatic rings. The Morgan fingerprint density at radius 1 is 0.690 bits per heavy atom. The van der Waals surface area contributed by atoms with Gasteiger partial charge >= 0.3 is 0 Å². The third-order valence-electron chi connectivity index (χ3n) is 5.29. The van der Waals surface area contributed by atoms with Crippen molar-refractivity contribution in [1.29, 1.82) is 0 Å². The molecular formula is C25H20Cl2N2. The molecule has 2 heterocycles. The number of pyridine rings is 1. The molecule has 4 heteroatoms. The summed E-state index contributed by atoms with van der Waals surface area (Å²) in [6, 6.07) is 29.7. The molecular weight excluding hydrogens is 399 g/mol. The van der Waals surface area contributed by atoms with E-state index in [1.165, 1.54) is 27.4 Å². The van der Waals surface area contributed by atoms with Gasteiger partial charge in [0, 0.05) is 46.0 Å². The second kappa shape index (κ2) is 8.28. The van der Waals surface area contributed by atoms with E-state index in [9.17, 15) is 0 Å². The van der Waals surface area contributed by atoms with Crippen LogP contribution in [0, 0.1) is 0 Å². The second-order valence-corrected chi connectivity index (χ2v) is 7.50. The van der Waals surface area contributed by atoms with E-state index >= 15 is 0 Å². The molecule has 0 aliphatic carbocycles. The van der Waals surface area contributed by atoms with Crippen LogP contribution in [0.1, 0.15) is 11.1 Å². The summed E-state index contributed by atoms with van der Waals surface area (Å²) >= 11 is 6.29. The van der Waals surface area contributed by atoms with E-state index in [0.717, 1.165) is 23.7 Å². The maximum atomic E-state index is 6.29. The molecule has 3 aromatic carbocycles. The molecule has 0 aliphatic heterocycles. The lowest BCUT2D eigenvalue weighted by molar-refractivity contribution is -0.688. The lowest BCUT2D eigenvalue weighted by Crippen LogP contribution is -3.00. The van der Waals surface area contributed by atoms with Crippen molar-refractivity contribution in [2.24, 2.45) is 0 Å². The van der Waals surface area contributed by atoms with Crippen LogP contribution in [0.25, 0.3) is 21.8 Å². The van der Waals surface area contributed by atoms with Crippen molar-refractivity contribution in [3.8, 4) is 0 Å². The van der Waals surface area contributed by atoms with Crippen molar-refractivity contribution >= 4 is 33.4 Å². The number of rotatable bonds is 4. The number of benzene rings is 3. The minimum atomic E-state index is 0. The van der Waals surface area contributed by atoms with E-state index in [2.05, 4.69) is 88.3 Å². The lowest BCUT2D eigenvalue weighted by Gasteiger charge is -2.07. The van der Waals surface area contributed by atoms with Crippen molar-refractivity contribution < 1.29 is 17.0 Å². The van der Waals surface area contributed by atoms with Gasteiger partial charge in [-0.05, 0) is 23.8 Å². The minimum absolute atomic E-state index is 0. The Balaban J connectivity index is 0.00000205. The van der Waals surface area contributed by atoms with Crippen molar-refractivity contribution in [1.82, 2.24) is 4.57 Å². The monoisotopic (exact) mass is 418 g/mol. The van der Waals surface area contributed by atoms with Gasteiger partial charge in [0.05, 0.1) is 5.02 Å². The van der Waals surface area contributed by atoms with Crippen LogP contribution in [0.2, 0.25) is 5.02 Å². The summed E-state index contributed by atoms with van der Waals surface area (Å²) in [5, 5.41) is 3.43. The summed E-state index contributed by atoms with van der Waals surface area (Å²) in [4.78, 5) is 0. The molecule has 0 bridgehead atoms. The molecule has 0 unspecified atom stereocenters. The van der Waals surface area contributed by atoms with Crippen LogP contribution in [0.5, 0.6) is 0 Å². The Labute approximate surface area is 181 Å². The smallest absolute Gasteiger partial charge is 0.175 e. The van der Waals surface area contributed by atoms with Crippen LogP contribution >= 0.6 is 11.6 Å². The zero-order chi connectivity index (χ0) is 18.9. The lowest BCUT2D eigenvalue weighted by atomic mass is 10.2. The number of fused-ring (bicyclic) bond motifs is 3. The van der Waals surface area contributed by atoms with Gasteiger partial charge in [0.15, 0.2) is 18.9 Å². The summed E-state index contributed by atoms with van der Waals surface area (Å²) in [5.41, 5.74) is 4.96. The van der Waals surface area contributed by atoms with Crippen LogP contribution in [0.3, 0.4) is 0 Å². The Hall–Kier alpha value is -2.81. The van der Waals surface area contributed by atoms with Gasteiger partial charge in [-0.25, -0.2) is 4.57 Å². The van der Waals surface area contributed by atoms with Crippen LogP contribution in [0.4, 0.5) is 0 Å². The van der Waals surface area contributed by atoms with E-state index in [1.807, 2.05) is 18.2 Å². The topological polar surface area (TPSA) is 8.81 Å². The van der Waals surface area contributed by atoms with Crippen molar-refractivity contribution in [3.05, 3.63) is 113 Å². The zero-order valence-electron chi connectivity index (χ0n) is 15.8. The largest absolute Gasteiger partial charge is 1.00 e. The first-order valence-electron chi connectivity index (χ1n) is 9.47. The average molecular weight is 419 g/mol. The summed E-state index contributed by atoms with van der Waals surface area (Å²) in [6.07, 6.45) is 4.26. The maximum Gasteiger partial charge on any atom is 0.175 e. The van der Waals surface area contributed by atoms with E-state index in [0.29, 0.717) is 0 Å². The molecule has 0 N–H and O–H groups in total. The molecule has 0 saturated heterocycles. The summed E-state index contributed by atoms with van der Waals surface area (Å²) in [5.74, 6) is 0. The third-order valence-corrected chi connectivity index (χ3v) is 5.66. The molecule has 5 rings (SSSR count). The van der Waals surface area contributed by atoms with Gasteiger partial charge in [0.25, 0.3) is 0 Å². The third kappa shape index (κ3) is 3.74. The molecule has 0 radical (unpaired) electrons. The number of hydrogen-bond acceptors (Lipinski definition) is 0. The van der Waals surface area contributed by atoms with E-state index in [-0.39, 0.29) is 12.4 Å². The van der Waals surface area contributed by atoms with Crippen molar-refractivity contribution in [3.63, 3.8) is 0 Å². The highest BCUT2D eigenvalue weighted by molar-refractivity contribution is 6.31. The number of hydrogen-bond donors (Lipinski definition) is 0. The first kappa shape index (κ1) is 19.5. The summed E-state index contributed by atoms with van der Waals surface area (Å²) in [6.45, 7) is 1.62. The predicted molar refractivity (Wildman–Crippen MR) is 116 cm³/mol. The SMILES string of the molecule is Clc1ccccc1C[n+]1ccc(Cn2c3ccccc3c3ccccc32)cc1.[Cl-]. The number of nitrogens with zero attached hydrogens (tertiary/aromatic N) is 2. The van der Waals surface area contributed by atoms with E-state index in [4.69, 9.17) is 11.6 Å². The highest BCUT2D eigenvalue weighted by Crippen LogP contribution is 2.29. The molecule has 144 valence electrons. The fourth-order valence-corrected chi connectivity index (χ4v) is 4.07. The highest BCUT2D eigenvalue weighted by Gasteiger charge is 2.11. The molecule has 2 aromatic heterocycles. The fourth-order valence-electron chi connectivity index (χ4n) is 3.88. The minimum Gasteiger partial charge on any atom is -1.00 e. The van der Waals surface area contributed by atoms with Gasteiger partial charge in [-0.15, -0.1) is 0 Å². The Kier molecular flexibility index (Phi) is 5.57. The van der Waals surface area contributed by atoms with Gasteiger partial charge in [-0.1, -0.05) is 66.2 Å². The number of halogens is 2. The van der Waals surface area contributed by atoms with Crippen LogP contribution in [0.15, 0.2) is 97.3 Å². The van der Waals surface area contributed by atoms with Crippen LogP contribution < -0.4 is 17.0 Å². The van der Waals surface area contributed by atoms with Gasteiger partial charge in [-0.2, -0.15) is 0 Å². The number of para-hydroxylation sites is 2.